The lowest BCUT2D eigenvalue weighted by molar-refractivity contribution is -0.116. The predicted octanol–water partition coefficient (Wildman–Crippen LogP) is 1.13. The van der Waals surface area contributed by atoms with Gasteiger partial charge in [-0.05, 0) is 18.6 Å². The fraction of sp³-hybridized carbons (Fsp3) is 0.231. The quantitative estimate of drug-likeness (QED) is 0.731. The fourth-order valence-corrected chi connectivity index (χ4v) is 2.08. The van der Waals surface area contributed by atoms with Gasteiger partial charge in [-0.15, -0.1) is 0 Å². The zero-order chi connectivity index (χ0) is 14.7. The number of H-pyrrole nitrogens is 1. The molecule has 2 heterocycles. The van der Waals surface area contributed by atoms with Crippen LogP contribution in [0.1, 0.15) is 12.8 Å². The Bertz CT molecular complexity index is 803. The molecule has 1 amide bonds. The van der Waals surface area contributed by atoms with Crippen LogP contribution in [0.4, 0.5) is 5.95 Å². The van der Waals surface area contributed by atoms with Crippen molar-refractivity contribution in [2.75, 3.05) is 5.32 Å². The van der Waals surface area contributed by atoms with Gasteiger partial charge in [0.05, 0.1) is 5.52 Å². The van der Waals surface area contributed by atoms with Crippen LogP contribution in [0, 0.1) is 0 Å². The maximum absolute atomic E-state index is 11.7. The number of aromatic amines is 1. The summed E-state index contributed by atoms with van der Waals surface area (Å²) in [6.07, 6.45) is 2.10. The molecule has 8 nitrogen and oxygen atoms in total. The summed E-state index contributed by atoms with van der Waals surface area (Å²) in [5.41, 5.74) is 1.28. The smallest absolute Gasteiger partial charge is 0.408 e. The SMILES string of the molecule is O=C(CCCn1c(=O)oc2ccccc21)Nc1ncn[nH]1. The minimum absolute atomic E-state index is 0.187. The summed E-state index contributed by atoms with van der Waals surface area (Å²) in [6.45, 7) is 0.416. The maximum atomic E-state index is 11.7. The van der Waals surface area contributed by atoms with E-state index in [-0.39, 0.29) is 12.3 Å². The summed E-state index contributed by atoms with van der Waals surface area (Å²) < 4.78 is 6.65. The van der Waals surface area contributed by atoms with Crippen molar-refractivity contribution in [2.45, 2.75) is 19.4 Å². The van der Waals surface area contributed by atoms with Gasteiger partial charge in [-0.2, -0.15) is 10.1 Å². The maximum Gasteiger partial charge on any atom is 0.419 e. The van der Waals surface area contributed by atoms with Crippen molar-refractivity contribution in [3.05, 3.63) is 41.1 Å². The Morgan fingerprint density at radius 3 is 3.05 bits per heavy atom. The van der Waals surface area contributed by atoms with E-state index in [4.69, 9.17) is 4.42 Å². The van der Waals surface area contributed by atoms with Gasteiger partial charge in [0.25, 0.3) is 0 Å². The number of rotatable bonds is 5. The number of amides is 1. The highest BCUT2D eigenvalue weighted by Gasteiger charge is 2.09. The monoisotopic (exact) mass is 287 g/mol. The summed E-state index contributed by atoms with van der Waals surface area (Å²) in [5, 5.41) is 8.75. The van der Waals surface area contributed by atoms with E-state index >= 15 is 0 Å². The summed E-state index contributed by atoms with van der Waals surface area (Å²) in [7, 11) is 0. The highest BCUT2D eigenvalue weighted by Crippen LogP contribution is 2.12. The number of hydrogen-bond acceptors (Lipinski definition) is 5. The molecule has 0 spiro atoms. The number of fused-ring (bicyclic) bond motifs is 1. The van der Waals surface area contributed by atoms with Crippen molar-refractivity contribution in [2.24, 2.45) is 0 Å². The van der Waals surface area contributed by atoms with Crippen LogP contribution in [0.2, 0.25) is 0 Å². The average molecular weight is 287 g/mol. The third-order valence-electron chi connectivity index (χ3n) is 3.03. The number of aryl methyl sites for hydroxylation is 1. The van der Waals surface area contributed by atoms with E-state index < -0.39 is 5.76 Å². The molecule has 0 aliphatic rings. The minimum atomic E-state index is -0.410. The van der Waals surface area contributed by atoms with Crippen LogP contribution in [0.15, 0.2) is 39.8 Å². The number of para-hydroxylation sites is 2. The molecular weight excluding hydrogens is 274 g/mol. The van der Waals surface area contributed by atoms with Crippen LogP contribution in [0.25, 0.3) is 11.1 Å². The lowest BCUT2D eigenvalue weighted by Crippen LogP contribution is -2.17. The lowest BCUT2D eigenvalue weighted by Gasteiger charge is -2.03. The third kappa shape index (κ3) is 2.83. The van der Waals surface area contributed by atoms with Crippen LogP contribution in [-0.2, 0) is 11.3 Å². The molecule has 0 unspecified atom stereocenters. The second-order valence-corrected chi connectivity index (χ2v) is 4.47. The molecular formula is C13H13N5O3. The van der Waals surface area contributed by atoms with Crippen LogP contribution in [0.5, 0.6) is 0 Å². The highest BCUT2D eigenvalue weighted by atomic mass is 16.4. The van der Waals surface area contributed by atoms with Crippen molar-refractivity contribution >= 4 is 23.0 Å². The Kier molecular flexibility index (Phi) is 3.50. The average Bonchev–Trinajstić information content (AvgIpc) is 3.07. The number of carbonyl (C=O) groups excluding carboxylic acids is 1. The molecule has 108 valence electrons. The molecule has 3 rings (SSSR count). The molecule has 0 atom stereocenters. The Balaban J connectivity index is 1.61. The molecule has 0 saturated carbocycles. The molecule has 1 aromatic carbocycles. The van der Waals surface area contributed by atoms with Crippen molar-refractivity contribution in [3.8, 4) is 0 Å². The molecule has 0 saturated heterocycles. The molecule has 8 heteroatoms. The molecule has 0 radical (unpaired) electrons. The Morgan fingerprint density at radius 2 is 2.24 bits per heavy atom. The van der Waals surface area contributed by atoms with Gasteiger partial charge in [0.2, 0.25) is 11.9 Å². The molecule has 0 fully saturated rings. The van der Waals surface area contributed by atoms with Gasteiger partial charge in [0, 0.05) is 13.0 Å². The molecule has 2 N–H and O–H groups in total. The summed E-state index contributed by atoms with van der Waals surface area (Å²) in [6, 6.07) is 7.20. The number of oxazole rings is 1. The molecule has 2 aromatic heterocycles. The Labute approximate surface area is 118 Å². The first-order valence-electron chi connectivity index (χ1n) is 6.47. The molecule has 0 aliphatic heterocycles. The number of nitrogens with one attached hydrogen (secondary N) is 2. The highest BCUT2D eigenvalue weighted by molar-refractivity contribution is 5.88. The van der Waals surface area contributed by atoms with Crippen LogP contribution in [0.3, 0.4) is 0 Å². The van der Waals surface area contributed by atoms with E-state index in [0.717, 1.165) is 5.52 Å². The Morgan fingerprint density at radius 1 is 1.38 bits per heavy atom. The van der Waals surface area contributed by atoms with Gasteiger partial charge in [0.1, 0.15) is 6.33 Å². The van der Waals surface area contributed by atoms with Crippen molar-refractivity contribution in [1.29, 1.82) is 0 Å². The van der Waals surface area contributed by atoms with Crippen molar-refractivity contribution < 1.29 is 9.21 Å². The molecule has 0 aliphatic carbocycles. The second kappa shape index (κ2) is 5.61. The molecule has 3 aromatic rings. The van der Waals surface area contributed by atoms with E-state index in [9.17, 15) is 9.59 Å². The number of hydrogen-bond donors (Lipinski definition) is 2. The van der Waals surface area contributed by atoms with E-state index in [1.165, 1.54) is 10.9 Å². The van der Waals surface area contributed by atoms with Crippen LogP contribution < -0.4 is 11.1 Å². The number of carbonyl (C=O) groups is 1. The lowest BCUT2D eigenvalue weighted by atomic mass is 10.3. The van der Waals surface area contributed by atoms with E-state index in [1.807, 2.05) is 12.1 Å². The topological polar surface area (TPSA) is 106 Å². The number of benzene rings is 1. The van der Waals surface area contributed by atoms with Crippen molar-refractivity contribution in [3.63, 3.8) is 0 Å². The predicted molar refractivity (Wildman–Crippen MR) is 74.7 cm³/mol. The normalized spacial score (nSPS) is 10.9. The summed E-state index contributed by atoms with van der Waals surface area (Å²) >= 11 is 0. The first kappa shape index (κ1) is 13.1. The summed E-state index contributed by atoms with van der Waals surface area (Å²) in [5.74, 6) is -0.287. The van der Waals surface area contributed by atoms with Crippen LogP contribution >= 0.6 is 0 Å². The van der Waals surface area contributed by atoms with Gasteiger partial charge >= 0.3 is 5.76 Å². The zero-order valence-corrected chi connectivity index (χ0v) is 11.1. The Hall–Kier alpha value is -2.90. The zero-order valence-electron chi connectivity index (χ0n) is 11.1. The first-order chi connectivity index (χ1) is 10.2. The van der Waals surface area contributed by atoms with Crippen molar-refractivity contribution in [1.82, 2.24) is 19.7 Å². The van der Waals surface area contributed by atoms with Crippen LogP contribution in [-0.4, -0.2) is 25.7 Å². The van der Waals surface area contributed by atoms with E-state index in [2.05, 4.69) is 20.5 Å². The molecule has 0 bridgehead atoms. The largest absolute Gasteiger partial charge is 0.419 e. The van der Waals surface area contributed by atoms with Gasteiger partial charge < -0.3 is 4.42 Å². The number of anilines is 1. The van der Waals surface area contributed by atoms with E-state index in [0.29, 0.717) is 24.5 Å². The van der Waals surface area contributed by atoms with Gasteiger partial charge in [-0.1, -0.05) is 12.1 Å². The van der Waals surface area contributed by atoms with E-state index in [1.54, 1.807) is 12.1 Å². The summed E-state index contributed by atoms with van der Waals surface area (Å²) in [4.78, 5) is 27.2. The second-order valence-electron chi connectivity index (χ2n) is 4.47. The standard InChI is InChI=1S/C13H13N5O3/c19-11(16-12-14-8-15-17-12)6-3-7-18-9-4-1-2-5-10(9)21-13(18)20/h1-2,4-5,8H,3,6-7H2,(H2,14,15,16,17,19). The third-order valence-corrected chi connectivity index (χ3v) is 3.03. The number of nitrogens with zero attached hydrogens (tertiary/aromatic N) is 3. The first-order valence-corrected chi connectivity index (χ1v) is 6.47. The minimum Gasteiger partial charge on any atom is -0.408 e. The number of aromatic nitrogens is 4. The fourth-order valence-electron chi connectivity index (χ4n) is 2.08. The van der Waals surface area contributed by atoms with Gasteiger partial charge in [-0.3, -0.25) is 14.7 Å². The van der Waals surface area contributed by atoms with Gasteiger partial charge in [0.15, 0.2) is 5.58 Å². The van der Waals surface area contributed by atoms with Gasteiger partial charge in [-0.25, -0.2) is 9.89 Å². The molecule has 21 heavy (non-hydrogen) atoms.